The van der Waals surface area contributed by atoms with Crippen molar-refractivity contribution in [3.63, 3.8) is 0 Å². The molecule has 3 N–H and O–H groups in total. The first-order chi connectivity index (χ1) is 24.7. The number of carbonyl (C=O) groups is 1. The van der Waals surface area contributed by atoms with Crippen molar-refractivity contribution in [1.82, 2.24) is 14.7 Å². The van der Waals surface area contributed by atoms with Gasteiger partial charge in [-0.1, -0.05) is 137 Å². The normalized spacial score (nSPS) is 15.6. The molecule has 1 fully saturated rings. The predicted molar refractivity (Wildman–Crippen MR) is 228 cm³/mol. The van der Waals surface area contributed by atoms with Crippen LogP contribution in [0, 0.1) is 0 Å². The van der Waals surface area contributed by atoms with Crippen LogP contribution in [0.25, 0.3) is 0 Å². The molecule has 55 heavy (non-hydrogen) atoms. The Labute approximate surface area is 333 Å². The van der Waals surface area contributed by atoms with Crippen molar-refractivity contribution in [3.05, 3.63) is 86.5 Å². The number of phenolic OH excluding ortho intramolecular Hbond substituents is 3. The van der Waals surface area contributed by atoms with Crippen LogP contribution >= 0.6 is 0 Å². The minimum Gasteiger partial charge on any atom is -0.507 e. The highest BCUT2D eigenvalue weighted by atomic mass is 16.3. The Balaban J connectivity index is 1.86. The number of benzene rings is 3. The first kappa shape index (κ1) is 44.0. The summed E-state index contributed by atoms with van der Waals surface area (Å²) in [6.45, 7) is 40.3. The third kappa shape index (κ3) is 10.0. The van der Waals surface area contributed by atoms with Crippen molar-refractivity contribution in [3.8, 4) is 17.2 Å². The van der Waals surface area contributed by atoms with Crippen molar-refractivity contribution in [2.75, 3.05) is 13.3 Å². The molecule has 1 aliphatic rings. The number of carbonyl (C=O) groups excluding carboxylic acids is 1. The largest absolute Gasteiger partial charge is 0.507 e. The maximum Gasteiger partial charge on any atom is 0.322 e. The van der Waals surface area contributed by atoms with Gasteiger partial charge in [0.25, 0.3) is 0 Å². The molecule has 4 rings (SSSR count). The Hall–Kier alpha value is -3.71. The Morgan fingerprint density at radius 3 is 0.800 bits per heavy atom. The molecule has 0 atom stereocenters. The van der Waals surface area contributed by atoms with Gasteiger partial charge >= 0.3 is 6.03 Å². The highest BCUT2D eigenvalue weighted by molar-refractivity contribution is 5.75. The maximum atomic E-state index is 14.7. The topological polar surface area (TPSA) is 87.5 Å². The number of rotatable bonds is 6. The zero-order valence-electron chi connectivity index (χ0n) is 37.6. The standard InChI is InChI=1S/C48H73N3O4/c1-43(2,3)33-19-30(20-34(39(33)52)44(4,5)6)25-49-28-50(26-31-21-35(45(7,8)9)40(53)36(22-31)46(10,11)12)42(55)51(29-49)27-32-23-37(47(13,14)15)41(54)38(24-32)48(16,17)18/h19-24,52-54H,25-29H2,1-18H3. The highest BCUT2D eigenvalue weighted by Crippen LogP contribution is 2.43. The fraction of sp³-hybridized carbons (Fsp3) is 0.604. The third-order valence-corrected chi connectivity index (χ3v) is 10.8. The van der Waals surface area contributed by atoms with E-state index in [2.05, 4.69) is 166 Å². The number of nitrogens with zero attached hydrogens (tertiary/aromatic N) is 3. The van der Waals surface area contributed by atoms with E-state index in [0.29, 0.717) is 50.2 Å². The summed E-state index contributed by atoms with van der Waals surface area (Å²) in [5.41, 5.74) is 6.63. The lowest BCUT2D eigenvalue weighted by Crippen LogP contribution is -2.56. The lowest BCUT2D eigenvalue weighted by atomic mass is 9.78. The summed E-state index contributed by atoms with van der Waals surface area (Å²) in [5.74, 6) is 1.00. The average Bonchev–Trinajstić information content (AvgIpc) is 2.98. The molecule has 3 aromatic carbocycles. The zero-order valence-corrected chi connectivity index (χ0v) is 37.6. The summed E-state index contributed by atoms with van der Waals surface area (Å²) in [6, 6.07) is 12.5. The van der Waals surface area contributed by atoms with Gasteiger partial charge in [-0.15, -0.1) is 0 Å². The van der Waals surface area contributed by atoms with Gasteiger partial charge in [0, 0.05) is 19.6 Å². The minimum atomic E-state index is -0.299. The molecule has 1 aliphatic heterocycles. The van der Waals surface area contributed by atoms with E-state index >= 15 is 0 Å². The Kier molecular flexibility index (Phi) is 11.7. The number of amides is 2. The molecule has 7 nitrogen and oxygen atoms in total. The van der Waals surface area contributed by atoms with Crippen LogP contribution in [0.15, 0.2) is 36.4 Å². The van der Waals surface area contributed by atoms with Gasteiger partial charge in [0.1, 0.15) is 17.2 Å². The lowest BCUT2D eigenvalue weighted by Gasteiger charge is -2.43. The zero-order chi connectivity index (χ0) is 42.0. The van der Waals surface area contributed by atoms with Gasteiger partial charge in [-0.25, -0.2) is 4.79 Å². The molecule has 304 valence electrons. The average molecular weight is 756 g/mol. The molecule has 0 unspecified atom stereocenters. The second-order valence-corrected chi connectivity index (χ2v) is 22.4. The molecule has 2 amide bonds. The van der Waals surface area contributed by atoms with Crippen molar-refractivity contribution >= 4 is 6.03 Å². The summed E-state index contributed by atoms with van der Waals surface area (Å²) in [5, 5.41) is 34.4. The van der Waals surface area contributed by atoms with Gasteiger partial charge < -0.3 is 25.1 Å². The van der Waals surface area contributed by atoms with Crippen LogP contribution in [-0.2, 0) is 52.1 Å². The van der Waals surface area contributed by atoms with E-state index in [0.717, 1.165) is 50.1 Å². The number of hydrogen-bond donors (Lipinski definition) is 3. The van der Waals surface area contributed by atoms with E-state index < -0.39 is 0 Å². The van der Waals surface area contributed by atoms with Gasteiger partial charge in [0.2, 0.25) is 0 Å². The van der Waals surface area contributed by atoms with E-state index in [-0.39, 0.29) is 38.5 Å². The van der Waals surface area contributed by atoms with Gasteiger partial charge in [-0.2, -0.15) is 0 Å². The Morgan fingerprint density at radius 2 is 0.600 bits per heavy atom. The number of hydrogen-bond acceptors (Lipinski definition) is 5. The fourth-order valence-corrected chi connectivity index (χ4v) is 7.67. The molecular formula is C48H73N3O4. The molecule has 3 aromatic rings. The summed E-state index contributed by atoms with van der Waals surface area (Å²) in [7, 11) is 0. The van der Waals surface area contributed by atoms with Crippen LogP contribution < -0.4 is 0 Å². The fourth-order valence-electron chi connectivity index (χ4n) is 7.67. The second-order valence-electron chi connectivity index (χ2n) is 22.4. The van der Waals surface area contributed by atoms with E-state index in [1.54, 1.807) is 0 Å². The van der Waals surface area contributed by atoms with Crippen molar-refractivity contribution in [2.24, 2.45) is 0 Å². The van der Waals surface area contributed by atoms with Crippen LogP contribution in [0.3, 0.4) is 0 Å². The molecule has 0 radical (unpaired) electrons. The maximum absolute atomic E-state index is 14.7. The van der Waals surface area contributed by atoms with Crippen molar-refractivity contribution < 1.29 is 20.1 Å². The summed E-state index contributed by atoms with van der Waals surface area (Å²) >= 11 is 0. The predicted octanol–water partition coefficient (Wildman–Crippen LogP) is 11.4. The quantitative estimate of drug-likeness (QED) is 0.233. The van der Waals surface area contributed by atoms with Gasteiger partial charge in [-0.3, -0.25) is 4.90 Å². The van der Waals surface area contributed by atoms with Gasteiger partial charge in [-0.05, 0) is 107 Å². The van der Waals surface area contributed by atoms with Crippen LogP contribution in [-0.4, -0.2) is 49.4 Å². The smallest absolute Gasteiger partial charge is 0.322 e. The molecule has 1 saturated heterocycles. The van der Waals surface area contributed by atoms with Gasteiger partial charge in [0.15, 0.2) is 0 Å². The number of aromatic hydroxyl groups is 3. The number of urea groups is 1. The molecule has 0 aliphatic carbocycles. The van der Waals surface area contributed by atoms with Crippen LogP contribution in [0.4, 0.5) is 4.79 Å². The van der Waals surface area contributed by atoms with E-state index in [4.69, 9.17) is 0 Å². The molecule has 0 aromatic heterocycles. The monoisotopic (exact) mass is 756 g/mol. The molecule has 0 bridgehead atoms. The van der Waals surface area contributed by atoms with E-state index in [9.17, 15) is 20.1 Å². The second kappa shape index (κ2) is 14.7. The van der Waals surface area contributed by atoms with Crippen LogP contribution in [0.1, 0.15) is 175 Å². The van der Waals surface area contributed by atoms with Crippen molar-refractivity contribution in [1.29, 1.82) is 0 Å². The first-order valence-electron chi connectivity index (χ1n) is 20.1. The Morgan fingerprint density at radius 1 is 0.400 bits per heavy atom. The van der Waals surface area contributed by atoms with Crippen LogP contribution in [0.5, 0.6) is 17.2 Å². The molecule has 7 heteroatoms. The molecular weight excluding hydrogens is 683 g/mol. The SMILES string of the molecule is CC(C)(C)c1cc(CN2CN(Cc3cc(C(C)(C)C)c(O)c(C(C)(C)C)c3)C(=O)N(Cc3cc(C(C)(C)C)c(O)c(C(C)(C)C)c3)C2)cc(C(C)(C)C)c1O. The lowest BCUT2D eigenvalue weighted by molar-refractivity contribution is 0.0221. The summed E-state index contributed by atoms with van der Waals surface area (Å²) in [4.78, 5) is 20.8. The van der Waals surface area contributed by atoms with Gasteiger partial charge in [0.05, 0.1) is 13.3 Å². The highest BCUT2D eigenvalue weighted by Gasteiger charge is 2.35. The molecule has 0 spiro atoms. The van der Waals surface area contributed by atoms with E-state index in [1.807, 2.05) is 9.80 Å². The molecule has 1 heterocycles. The summed E-state index contributed by atoms with van der Waals surface area (Å²) in [6.07, 6.45) is 0. The Bertz CT molecular complexity index is 1700. The minimum absolute atomic E-state index is 0.0573. The summed E-state index contributed by atoms with van der Waals surface area (Å²) < 4.78 is 0. The number of phenols is 3. The van der Waals surface area contributed by atoms with Crippen LogP contribution in [0.2, 0.25) is 0 Å². The molecule has 0 saturated carbocycles. The first-order valence-corrected chi connectivity index (χ1v) is 20.1. The van der Waals surface area contributed by atoms with Crippen molar-refractivity contribution in [2.45, 2.75) is 177 Å². The van der Waals surface area contributed by atoms with E-state index in [1.165, 1.54) is 0 Å². The third-order valence-electron chi connectivity index (χ3n) is 10.8.